The average molecular weight is 412 g/mol. The molecule has 0 aliphatic heterocycles. The minimum Gasteiger partial charge on any atom is -0.356 e. The summed E-state index contributed by atoms with van der Waals surface area (Å²) in [4.78, 5) is 11.8. The van der Waals surface area contributed by atoms with Crippen molar-refractivity contribution in [2.45, 2.75) is 46.0 Å². The Hall–Kier alpha value is -1.74. The zero-order valence-electron chi connectivity index (χ0n) is 14.2. The lowest BCUT2D eigenvalue weighted by Crippen LogP contribution is -2.26. The first-order valence-electron chi connectivity index (χ1n) is 7.86. The molecule has 1 amide bonds. The number of aromatic nitrogens is 4. The summed E-state index contributed by atoms with van der Waals surface area (Å²) in [6.45, 7) is 4.26. The molecule has 0 saturated carbocycles. The van der Waals surface area contributed by atoms with Gasteiger partial charge in [-0.05, 0) is 20.3 Å². The summed E-state index contributed by atoms with van der Waals surface area (Å²) in [6, 6.07) is 0. The number of amides is 1. The standard InChI is InChI=1S/C15H18Cl2F3N5O/c1-9-11(16)8-24(22-9)6-3-5-21-12(26)4-7-25-10(2)13(17)14(23-25)15(18,19)20/h8H,3-7H2,1-2H3,(H,21,26). The molecule has 0 aromatic carbocycles. The fourth-order valence-electron chi connectivity index (χ4n) is 2.30. The van der Waals surface area contributed by atoms with Crippen LogP contribution >= 0.6 is 23.2 Å². The Kier molecular flexibility index (Phi) is 6.57. The quantitative estimate of drug-likeness (QED) is 0.707. The summed E-state index contributed by atoms with van der Waals surface area (Å²) in [7, 11) is 0. The van der Waals surface area contributed by atoms with Gasteiger partial charge in [-0.15, -0.1) is 0 Å². The molecule has 11 heteroatoms. The molecule has 0 bridgehead atoms. The van der Waals surface area contributed by atoms with E-state index in [1.54, 1.807) is 17.8 Å². The molecule has 2 aromatic rings. The molecule has 2 heterocycles. The Bertz CT molecular complexity index is 766. The van der Waals surface area contributed by atoms with Crippen LogP contribution in [-0.2, 0) is 24.1 Å². The Morgan fingerprint density at radius 2 is 1.92 bits per heavy atom. The lowest BCUT2D eigenvalue weighted by atomic mass is 10.3. The SMILES string of the molecule is Cc1nn(CCCNC(=O)CCn2nc(C(F)(F)F)c(Cl)c2C)cc1Cl. The molecular weight excluding hydrogens is 394 g/mol. The highest BCUT2D eigenvalue weighted by Crippen LogP contribution is 2.35. The second kappa shape index (κ2) is 8.30. The normalized spacial score (nSPS) is 11.8. The molecule has 0 spiro atoms. The first-order chi connectivity index (χ1) is 12.1. The fourth-order valence-corrected chi connectivity index (χ4v) is 2.69. The van der Waals surface area contributed by atoms with Crippen LogP contribution in [0.4, 0.5) is 13.2 Å². The van der Waals surface area contributed by atoms with Crippen molar-refractivity contribution in [3.63, 3.8) is 0 Å². The van der Waals surface area contributed by atoms with Crippen LogP contribution in [0.5, 0.6) is 0 Å². The third-order valence-corrected chi connectivity index (χ3v) is 4.55. The third kappa shape index (κ3) is 5.14. The number of aryl methyl sites for hydroxylation is 3. The van der Waals surface area contributed by atoms with Crippen molar-refractivity contribution in [2.24, 2.45) is 0 Å². The van der Waals surface area contributed by atoms with E-state index < -0.39 is 16.9 Å². The number of halogens is 5. The van der Waals surface area contributed by atoms with Crippen LogP contribution in [0, 0.1) is 13.8 Å². The van der Waals surface area contributed by atoms with Crippen LogP contribution in [0.1, 0.15) is 29.9 Å². The van der Waals surface area contributed by atoms with Crippen LogP contribution in [0.25, 0.3) is 0 Å². The number of hydrogen-bond acceptors (Lipinski definition) is 3. The minimum absolute atomic E-state index is 0.00283. The van der Waals surface area contributed by atoms with Crippen molar-refractivity contribution in [3.05, 3.63) is 33.3 Å². The van der Waals surface area contributed by atoms with Gasteiger partial charge < -0.3 is 5.32 Å². The van der Waals surface area contributed by atoms with Gasteiger partial charge in [0.15, 0.2) is 5.69 Å². The Labute approximate surface area is 158 Å². The van der Waals surface area contributed by atoms with E-state index in [2.05, 4.69) is 15.5 Å². The fraction of sp³-hybridized carbons (Fsp3) is 0.533. The smallest absolute Gasteiger partial charge is 0.356 e. The molecule has 26 heavy (non-hydrogen) atoms. The van der Waals surface area contributed by atoms with Gasteiger partial charge in [0.25, 0.3) is 0 Å². The van der Waals surface area contributed by atoms with E-state index in [1.807, 2.05) is 0 Å². The van der Waals surface area contributed by atoms with Crippen LogP contribution in [-0.4, -0.2) is 32.0 Å². The Morgan fingerprint density at radius 3 is 2.46 bits per heavy atom. The van der Waals surface area contributed by atoms with Crippen LogP contribution in [0.2, 0.25) is 10.0 Å². The molecule has 0 saturated heterocycles. The van der Waals surface area contributed by atoms with Gasteiger partial charge in [-0.3, -0.25) is 14.2 Å². The lowest BCUT2D eigenvalue weighted by molar-refractivity contribution is -0.141. The zero-order chi connectivity index (χ0) is 19.5. The van der Waals surface area contributed by atoms with E-state index in [-0.39, 0.29) is 24.6 Å². The van der Waals surface area contributed by atoms with Gasteiger partial charge >= 0.3 is 6.18 Å². The summed E-state index contributed by atoms with van der Waals surface area (Å²) in [6.07, 6.45) is -2.26. The molecular formula is C15H18Cl2F3N5O. The van der Waals surface area contributed by atoms with Gasteiger partial charge in [-0.1, -0.05) is 23.2 Å². The van der Waals surface area contributed by atoms with E-state index in [4.69, 9.17) is 23.2 Å². The summed E-state index contributed by atoms with van der Waals surface area (Å²) in [5, 5.41) is 10.5. The van der Waals surface area contributed by atoms with Gasteiger partial charge in [0.2, 0.25) is 5.91 Å². The minimum atomic E-state index is -4.62. The maximum atomic E-state index is 12.8. The van der Waals surface area contributed by atoms with Crippen molar-refractivity contribution < 1.29 is 18.0 Å². The van der Waals surface area contributed by atoms with Crippen LogP contribution < -0.4 is 5.32 Å². The molecule has 2 aromatic heterocycles. The summed E-state index contributed by atoms with van der Waals surface area (Å²) in [5.74, 6) is -0.278. The van der Waals surface area contributed by atoms with Gasteiger partial charge in [-0.25, -0.2) is 0 Å². The molecule has 0 fully saturated rings. The summed E-state index contributed by atoms with van der Waals surface area (Å²) in [5.41, 5.74) is -0.217. The van der Waals surface area contributed by atoms with E-state index in [0.717, 1.165) is 10.4 Å². The van der Waals surface area contributed by atoms with Crippen molar-refractivity contribution >= 4 is 29.1 Å². The Morgan fingerprint density at radius 1 is 1.23 bits per heavy atom. The second-order valence-corrected chi connectivity index (χ2v) is 6.53. The number of carbonyl (C=O) groups excluding carboxylic acids is 1. The van der Waals surface area contributed by atoms with Gasteiger partial charge in [0.05, 0.1) is 28.0 Å². The van der Waals surface area contributed by atoms with E-state index >= 15 is 0 Å². The van der Waals surface area contributed by atoms with Crippen molar-refractivity contribution in [2.75, 3.05) is 6.54 Å². The van der Waals surface area contributed by atoms with Gasteiger partial charge in [0.1, 0.15) is 0 Å². The van der Waals surface area contributed by atoms with Crippen molar-refractivity contribution in [3.8, 4) is 0 Å². The molecule has 0 radical (unpaired) electrons. The summed E-state index contributed by atoms with van der Waals surface area (Å²) >= 11 is 11.6. The highest BCUT2D eigenvalue weighted by Gasteiger charge is 2.38. The number of nitrogens with one attached hydrogen (secondary N) is 1. The first-order valence-corrected chi connectivity index (χ1v) is 8.61. The Balaban J connectivity index is 1.77. The lowest BCUT2D eigenvalue weighted by Gasteiger charge is -2.07. The van der Waals surface area contributed by atoms with E-state index in [9.17, 15) is 18.0 Å². The maximum absolute atomic E-state index is 12.8. The summed E-state index contributed by atoms with van der Waals surface area (Å²) < 4.78 is 41.1. The molecule has 0 aliphatic rings. The predicted octanol–water partition coefficient (Wildman–Crippen LogP) is 3.62. The molecule has 0 atom stereocenters. The van der Waals surface area contributed by atoms with Gasteiger partial charge in [0, 0.05) is 25.7 Å². The molecule has 144 valence electrons. The average Bonchev–Trinajstić information content (AvgIpc) is 3.02. The highest BCUT2D eigenvalue weighted by atomic mass is 35.5. The molecule has 0 aliphatic carbocycles. The predicted molar refractivity (Wildman–Crippen MR) is 91.2 cm³/mol. The monoisotopic (exact) mass is 411 g/mol. The largest absolute Gasteiger partial charge is 0.436 e. The van der Waals surface area contributed by atoms with E-state index in [1.165, 1.54) is 6.92 Å². The first kappa shape index (κ1) is 20.6. The number of alkyl halides is 3. The van der Waals surface area contributed by atoms with Gasteiger partial charge in [-0.2, -0.15) is 23.4 Å². The zero-order valence-corrected chi connectivity index (χ0v) is 15.7. The van der Waals surface area contributed by atoms with E-state index in [0.29, 0.717) is 24.5 Å². The number of rotatable bonds is 7. The van der Waals surface area contributed by atoms with Crippen LogP contribution in [0.15, 0.2) is 6.20 Å². The van der Waals surface area contributed by atoms with Crippen molar-refractivity contribution in [1.82, 2.24) is 24.9 Å². The van der Waals surface area contributed by atoms with Crippen LogP contribution in [0.3, 0.4) is 0 Å². The second-order valence-electron chi connectivity index (χ2n) is 5.75. The third-order valence-electron chi connectivity index (χ3n) is 3.73. The molecule has 1 N–H and O–H groups in total. The number of hydrogen-bond donors (Lipinski definition) is 1. The topological polar surface area (TPSA) is 64.7 Å². The molecule has 0 unspecified atom stereocenters. The van der Waals surface area contributed by atoms with Crippen molar-refractivity contribution in [1.29, 1.82) is 0 Å². The number of carbonyl (C=O) groups is 1. The molecule has 6 nitrogen and oxygen atoms in total. The highest BCUT2D eigenvalue weighted by molar-refractivity contribution is 6.32. The number of nitrogens with zero attached hydrogens (tertiary/aromatic N) is 4. The molecule has 2 rings (SSSR count). The maximum Gasteiger partial charge on any atom is 0.436 e.